The molecule has 1 saturated heterocycles. The number of hydrogen-bond acceptors (Lipinski definition) is 8. The van der Waals surface area contributed by atoms with Crippen LogP contribution >= 0.6 is 0 Å². The van der Waals surface area contributed by atoms with Gasteiger partial charge >= 0.3 is 0 Å². The van der Waals surface area contributed by atoms with Crippen molar-refractivity contribution in [2.75, 3.05) is 55.0 Å². The first-order valence-corrected chi connectivity index (χ1v) is 20.0. The van der Waals surface area contributed by atoms with Crippen LogP contribution in [0.1, 0.15) is 103 Å². The topological polar surface area (TPSA) is 133 Å². The van der Waals surface area contributed by atoms with Crippen molar-refractivity contribution in [3.05, 3.63) is 35.9 Å². The first-order chi connectivity index (χ1) is 25.6. The van der Waals surface area contributed by atoms with Gasteiger partial charge in [-0.2, -0.15) is 0 Å². The lowest BCUT2D eigenvalue weighted by molar-refractivity contribution is -0.146. The fourth-order valence-electron chi connectivity index (χ4n) is 7.52. The van der Waals surface area contributed by atoms with E-state index in [0.29, 0.717) is 19.5 Å². The summed E-state index contributed by atoms with van der Waals surface area (Å²) in [6.07, 6.45) is 2.46. The maximum Gasteiger partial charge on any atom is 0.242 e. The van der Waals surface area contributed by atoms with E-state index < -0.39 is 24.2 Å². The van der Waals surface area contributed by atoms with Gasteiger partial charge in [-0.3, -0.25) is 29.1 Å². The Labute approximate surface area is 330 Å². The number of nitrogens with one attached hydrogen (secondary N) is 2. The van der Waals surface area contributed by atoms with Gasteiger partial charge in [-0.1, -0.05) is 91.6 Å². The summed E-state index contributed by atoms with van der Waals surface area (Å²) in [6, 6.07) is 8.44. The van der Waals surface area contributed by atoms with E-state index in [-0.39, 0.29) is 69.4 Å². The molecule has 4 amide bonds. The molecule has 54 heavy (non-hydrogen) atoms. The number of carbonyl (C=O) groups excluding carboxylic acids is 4. The van der Waals surface area contributed by atoms with Crippen LogP contribution in [0.5, 0.6) is 0 Å². The highest BCUT2D eigenvalue weighted by atomic mass is 16.5. The second kappa shape index (κ2) is 24.9. The molecule has 0 bridgehead atoms. The van der Waals surface area contributed by atoms with Crippen LogP contribution in [-0.2, 0) is 28.7 Å². The summed E-state index contributed by atoms with van der Waals surface area (Å²) in [6.45, 7) is 19.0. The normalized spacial score (nSPS) is 18.5. The second-order valence-electron chi connectivity index (χ2n) is 15.2. The first-order valence-electron chi connectivity index (χ1n) is 20.0. The van der Waals surface area contributed by atoms with Crippen LogP contribution in [0.15, 0.2) is 35.3 Å². The number of hydrogen-bond donors (Lipinski definition) is 2. The highest BCUT2D eigenvalue weighted by Gasteiger charge is 2.42. The van der Waals surface area contributed by atoms with Gasteiger partial charge in [0.2, 0.25) is 23.6 Å². The number of ether oxygens (including phenoxy) is 2. The predicted molar refractivity (Wildman–Crippen MR) is 223 cm³/mol. The maximum atomic E-state index is 14.1. The zero-order valence-electron chi connectivity index (χ0n) is 36.0. The standard InChI is InChI=1S/C39H66N6O6.C3H8.2H2/c1-13-26(5)36(44(10)33(47)24-41-39(49)35(25(3)4)43(8)9)31(50-11)23-32(46)45-22-18-21-30(45)37(51-12)27(6)38(48)42-28(7)34(40-14-2)29-19-16-15-17-20-29;1-3-2;;/h15-17,19-20,25-28,30-31,35-37H,13-14,18,21-24H2,1-12H3,(H,41,49)(H,42,48);3H2,1-2H3;2*1H/t26-,27+,28+,30-,31+,35-,36-,37+;;;/m0.../s1. The predicted octanol–water partition coefficient (Wildman–Crippen LogP) is 5.53. The molecule has 1 aromatic rings. The first kappa shape index (κ1) is 48.7. The van der Waals surface area contributed by atoms with Gasteiger partial charge in [0.05, 0.1) is 61.0 Å². The minimum Gasteiger partial charge on any atom is -0.379 e. The van der Waals surface area contributed by atoms with Crippen molar-refractivity contribution in [3.63, 3.8) is 0 Å². The molecule has 312 valence electrons. The number of aliphatic imine (C=N–C) groups is 1. The molecule has 0 aromatic heterocycles. The number of benzene rings is 1. The van der Waals surface area contributed by atoms with Gasteiger partial charge in [0.25, 0.3) is 0 Å². The molecule has 0 aliphatic carbocycles. The SMILES string of the molecule is CCC.CCN=C(c1ccccc1)[C@@H](C)NC(=O)[C@H](C)[C@@H](OC)[C@@H]1CCCN1C(=O)C[C@@H](OC)[C@H]([C@@H](C)CC)N(C)C(=O)CNC(=O)[C@H](C(C)C)N(C)C.[HH].[HH]. The molecule has 1 aliphatic heterocycles. The van der Waals surface area contributed by atoms with Crippen molar-refractivity contribution in [1.29, 1.82) is 0 Å². The number of likely N-dealkylation sites (N-methyl/N-ethyl adjacent to an activating group) is 2. The van der Waals surface area contributed by atoms with Gasteiger partial charge in [-0.05, 0) is 58.2 Å². The van der Waals surface area contributed by atoms with Crippen molar-refractivity contribution in [1.82, 2.24) is 25.3 Å². The van der Waals surface area contributed by atoms with Crippen LogP contribution in [0.3, 0.4) is 0 Å². The molecule has 8 atom stereocenters. The zero-order valence-corrected chi connectivity index (χ0v) is 36.0. The fourth-order valence-corrected chi connectivity index (χ4v) is 7.52. The van der Waals surface area contributed by atoms with Crippen LogP contribution in [0, 0.1) is 17.8 Å². The Bertz CT molecular complexity index is 1310. The van der Waals surface area contributed by atoms with Crippen molar-refractivity contribution in [2.24, 2.45) is 22.7 Å². The van der Waals surface area contributed by atoms with E-state index in [1.165, 1.54) is 6.42 Å². The molecule has 0 radical (unpaired) electrons. The Morgan fingerprint density at radius 1 is 0.944 bits per heavy atom. The lowest BCUT2D eigenvalue weighted by Crippen LogP contribution is -2.55. The van der Waals surface area contributed by atoms with Gasteiger partial charge in [0.15, 0.2) is 0 Å². The third kappa shape index (κ3) is 14.1. The Morgan fingerprint density at radius 2 is 1.56 bits per heavy atom. The van der Waals surface area contributed by atoms with Gasteiger partial charge in [-0.25, -0.2) is 0 Å². The summed E-state index contributed by atoms with van der Waals surface area (Å²) in [4.78, 5) is 64.1. The third-order valence-electron chi connectivity index (χ3n) is 10.3. The van der Waals surface area contributed by atoms with Crippen molar-refractivity contribution >= 4 is 29.3 Å². The van der Waals surface area contributed by atoms with E-state index in [2.05, 4.69) is 29.5 Å². The zero-order chi connectivity index (χ0) is 41.1. The summed E-state index contributed by atoms with van der Waals surface area (Å²) in [5.41, 5.74) is 1.77. The number of nitrogens with zero attached hydrogens (tertiary/aromatic N) is 4. The quantitative estimate of drug-likeness (QED) is 0.167. The lowest BCUT2D eigenvalue weighted by Gasteiger charge is -2.39. The molecule has 1 aliphatic rings. The average Bonchev–Trinajstić information content (AvgIpc) is 3.62. The van der Waals surface area contributed by atoms with E-state index in [9.17, 15) is 19.2 Å². The molecule has 0 saturated carbocycles. The summed E-state index contributed by atoms with van der Waals surface area (Å²) >= 11 is 0. The van der Waals surface area contributed by atoms with Crippen LogP contribution in [0.4, 0.5) is 0 Å². The molecular weight excluding hydrogens is 684 g/mol. The molecule has 12 nitrogen and oxygen atoms in total. The van der Waals surface area contributed by atoms with Crippen molar-refractivity contribution in [3.8, 4) is 0 Å². The molecule has 1 aromatic carbocycles. The molecule has 12 heteroatoms. The Kier molecular flexibility index (Phi) is 22.5. The van der Waals surface area contributed by atoms with E-state index in [1.54, 1.807) is 26.2 Å². The van der Waals surface area contributed by atoms with Gasteiger partial charge in [-0.15, -0.1) is 0 Å². The fraction of sp³-hybridized carbons (Fsp3) is 0.738. The van der Waals surface area contributed by atoms with Gasteiger partial charge in [0, 0.05) is 37.2 Å². The highest BCUT2D eigenvalue weighted by Crippen LogP contribution is 2.29. The lowest BCUT2D eigenvalue weighted by atomic mass is 9.90. The Morgan fingerprint density at radius 3 is 2.06 bits per heavy atom. The number of likely N-dealkylation sites (tertiary alicyclic amines) is 1. The number of amides is 4. The molecule has 0 spiro atoms. The van der Waals surface area contributed by atoms with Crippen molar-refractivity contribution in [2.45, 2.75) is 131 Å². The Balaban J connectivity index is 0. The van der Waals surface area contributed by atoms with Crippen LogP contribution in [0.2, 0.25) is 0 Å². The van der Waals surface area contributed by atoms with E-state index in [4.69, 9.17) is 9.47 Å². The summed E-state index contributed by atoms with van der Waals surface area (Å²) in [5.74, 6) is -1.18. The molecule has 2 rings (SSSR count). The molecule has 0 unspecified atom stereocenters. The smallest absolute Gasteiger partial charge is 0.242 e. The maximum absolute atomic E-state index is 14.1. The highest BCUT2D eigenvalue weighted by molar-refractivity contribution is 6.05. The molecule has 1 heterocycles. The molecule has 1 fully saturated rings. The summed E-state index contributed by atoms with van der Waals surface area (Å²) in [5, 5.41) is 5.95. The van der Waals surface area contributed by atoms with E-state index in [1.807, 2.05) is 103 Å². The second-order valence-corrected chi connectivity index (χ2v) is 15.2. The van der Waals surface area contributed by atoms with E-state index >= 15 is 0 Å². The summed E-state index contributed by atoms with van der Waals surface area (Å²) < 4.78 is 11.9. The van der Waals surface area contributed by atoms with Crippen LogP contribution in [0.25, 0.3) is 0 Å². The van der Waals surface area contributed by atoms with Crippen LogP contribution in [-0.4, -0.2) is 135 Å². The molecular formula is C42H78N6O6. The van der Waals surface area contributed by atoms with Gasteiger partial charge in [0.1, 0.15) is 0 Å². The summed E-state index contributed by atoms with van der Waals surface area (Å²) in [7, 11) is 8.56. The minimum atomic E-state index is -0.583. The van der Waals surface area contributed by atoms with Gasteiger partial charge < -0.3 is 29.9 Å². The number of rotatable bonds is 20. The Hall–Kier alpha value is -3.35. The number of methoxy groups -OCH3 is 2. The van der Waals surface area contributed by atoms with E-state index in [0.717, 1.165) is 24.1 Å². The minimum absolute atomic E-state index is 0. The largest absolute Gasteiger partial charge is 0.379 e. The monoisotopic (exact) mass is 763 g/mol. The van der Waals surface area contributed by atoms with Crippen molar-refractivity contribution < 1.29 is 31.5 Å². The third-order valence-corrected chi connectivity index (χ3v) is 10.3. The van der Waals surface area contributed by atoms with Crippen LogP contribution < -0.4 is 10.6 Å². The average molecular weight is 763 g/mol. The molecule has 2 N–H and O–H groups in total. The number of carbonyl (C=O) groups is 4.